The van der Waals surface area contributed by atoms with Crippen molar-refractivity contribution in [2.45, 2.75) is 59.3 Å². The van der Waals surface area contributed by atoms with Crippen molar-refractivity contribution in [1.29, 1.82) is 0 Å². The largest absolute Gasteiger partial charge is 0.309 e. The van der Waals surface area contributed by atoms with E-state index in [2.05, 4.69) is 59.0 Å². The monoisotopic (exact) mass is 279 g/mol. The van der Waals surface area contributed by atoms with E-state index < -0.39 is 0 Å². The van der Waals surface area contributed by atoms with E-state index in [4.69, 9.17) is 0 Å². The number of rotatable bonds is 7. The Kier molecular flexibility index (Phi) is 6.95. The third-order valence-corrected chi connectivity index (χ3v) is 4.69. The zero-order valence-electron chi connectivity index (χ0n) is 13.3. The highest BCUT2D eigenvalue weighted by atomic mass is 32.2. The van der Waals surface area contributed by atoms with Crippen molar-refractivity contribution in [3.05, 3.63) is 34.4 Å². The predicted molar refractivity (Wildman–Crippen MR) is 89.3 cm³/mol. The van der Waals surface area contributed by atoms with E-state index in [1.54, 1.807) is 0 Å². The molecule has 0 radical (unpaired) electrons. The molecule has 0 aliphatic heterocycles. The fourth-order valence-electron chi connectivity index (χ4n) is 2.22. The molecule has 0 spiro atoms. The van der Waals surface area contributed by atoms with Crippen molar-refractivity contribution < 1.29 is 0 Å². The van der Waals surface area contributed by atoms with Crippen LogP contribution in [0.5, 0.6) is 0 Å². The minimum absolute atomic E-state index is 0.478. The first-order chi connectivity index (χ1) is 8.95. The molecule has 0 bridgehead atoms. The summed E-state index contributed by atoms with van der Waals surface area (Å²) >= 11 is 2.04. The topological polar surface area (TPSA) is 12.0 Å². The van der Waals surface area contributed by atoms with Crippen LogP contribution in [0.1, 0.15) is 55.5 Å². The number of hydrogen-bond acceptors (Lipinski definition) is 2. The SMILES string of the molecule is CCCNC(CSC(C)C)c1cc(C)c(C)cc1C. The van der Waals surface area contributed by atoms with Crippen molar-refractivity contribution in [2.24, 2.45) is 0 Å². The minimum atomic E-state index is 0.478. The van der Waals surface area contributed by atoms with Gasteiger partial charge >= 0.3 is 0 Å². The second kappa shape index (κ2) is 7.96. The van der Waals surface area contributed by atoms with Crippen LogP contribution < -0.4 is 5.32 Å². The van der Waals surface area contributed by atoms with Crippen molar-refractivity contribution in [3.63, 3.8) is 0 Å². The Morgan fingerprint density at radius 1 is 1.05 bits per heavy atom. The molecule has 1 aromatic rings. The normalized spacial score (nSPS) is 13.0. The van der Waals surface area contributed by atoms with E-state index in [9.17, 15) is 0 Å². The van der Waals surface area contributed by atoms with Gasteiger partial charge in [0, 0.05) is 11.8 Å². The smallest absolute Gasteiger partial charge is 0.0414 e. The van der Waals surface area contributed by atoms with Crippen LogP contribution in [0.2, 0.25) is 0 Å². The van der Waals surface area contributed by atoms with Crippen molar-refractivity contribution in [2.75, 3.05) is 12.3 Å². The number of benzene rings is 1. The van der Waals surface area contributed by atoms with E-state index in [-0.39, 0.29) is 0 Å². The molecule has 1 N–H and O–H groups in total. The lowest BCUT2D eigenvalue weighted by Crippen LogP contribution is -2.25. The second-order valence-electron chi connectivity index (χ2n) is 5.68. The lowest BCUT2D eigenvalue weighted by molar-refractivity contribution is 0.574. The van der Waals surface area contributed by atoms with Gasteiger partial charge in [0.25, 0.3) is 0 Å². The van der Waals surface area contributed by atoms with Gasteiger partial charge in [-0.3, -0.25) is 0 Å². The molecule has 0 aromatic heterocycles. The summed E-state index contributed by atoms with van der Waals surface area (Å²) in [6.07, 6.45) is 1.19. The molecule has 1 rings (SSSR count). The highest BCUT2D eigenvalue weighted by Crippen LogP contribution is 2.26. The molecule has 0 saturated carbocycles. The lowest BCUT2D eigenvalue weighted by atomic mass is 9.96. The summed E-state index contributed by atoms with van der Waals surface area (Å²) in [7, 11) is 0. The molecule has 2 heteroatoms. The average molecular weight is 279 g/mol. The first-order valence-corrected chi connectivity index (χ1v) is 8.43. The molecule has 0 aliphatic rings. The summed E-state index contributed by atoms with van der Waals surface area (Å²) in [6, 6.07) is 5.18. The fourth-order valence-corrected chi connectivity index (χ4v) is 3.10. The minimum Gasteiger partial charge on any atom is -0.309 e. The van der Waals surface area contributed by atoms with Crippen LogP contribution in [0, 0.1) is 20.8 Å². The van der Waals surface area contributed by atoms with Gasteiger partial charge in [-0.1, -0.05) is 32.9 Å². The molecule has 0 aliphatic carbocycles. The van der Waals surface area contributed by atoms with Crippen LogP contribution in [0.3, 0.4) is 0 Å². The second-order valence-corrected chi connectivity index (χ2v) is 7.29. The molecular weight excluding hydrogens is 250 g/mol. The van der Waals surface area contributed by atoms with Gasteiger partial charge in [0.1, 0.15) is 0 Å². The summed E-state index contributed by atoms with van der Waals surface area (Å²) in [5.74, 6) is 1.15. The maximum atomic E-state index is 3.71. The van der Waals surface area contributed by atoms with Crippen molar-refractivity contribution in [1.82, 2.24) is 5.32 Å². The van der Waals surface area contributed by atoms with E-state index in [0.717, 1.165) is 12.3 Å². The molecule has 0 fully saturated rings. The Morgan fingerprint density at radius 3 is 2.26 bits per heavy atom. The summed E-state index contributed by atoms with van der Waals surface area (Å²) < 4.78 is 0. The van der Waals surface area contributed by atoms with Crippen molar-refractivity contribution >= 4 is 11.8 Å². The van der Waals surface area contributed by atoms with Gasteiger partial charge in [0.15, 0.2) is 0 Å². The Hall–Kier alpha value is -0.470. The first-order valence-electron chi connectivity index (χ1n) is 7.38. The molecule has 1 aromatic carbocycles. The molecule has 0 heterocycles. The summed E-state index contributed by atoms with van der Waals surface area (Å²) in [5, 5.41) is 4.40. The number of hydrogen-bond donors (Lipinski definition) is 1. The fraction of sp³-hybridized carbons (Fsp3) is 0.647. The first kappa shape index (κ1) is 16.6. The van der Waals surface area contributed by atoms with Crippen LogP contribution in [0.4, 0.5) is 0 Å². The predicted octanol–water partition coefficient (Wildman–Crippen LogP) is 4.79. The third-order valence-electron chi connectivity index (χ3n) is 3.49. The Morgan fingerprint density at radius 2 is 1.68 bits per heavy atom. The van der Waals surface area contributed by atoms with Crippen LogP contribution in [0.15, 0.2) is 12.1 Å². The zero-order valence-corrected chi connectivity index (χ0v) is 14.2. The Bertz CT molecular complexity index is 398. The highest BCUT2D eigenvalue weighted by molar-refractivity contribution is 7.99. The average Bonchev–Trinajstić information content (AvgIpc) is 2.34. The quantitative estimate of drug-likeness (QED) is 0.770. The van der Waals surface area contributed by atoms with Gasteiger partial charge in [-0.25, -0.2) is 0 Å². The van der Waals surface area contributed by atoms with E-state index >= 15 is 0 Å². The van der Waals surface area contributed by atoms with Gasteiger partial charge in [0.2, 0.25) is 0 Å². The molecule has 1 unspecified atom stereocenters. The maximum absolute atomic E-state index is 3.71. The zero-order chi connectivity index (χ0) is 14.4. The van der Waals surface area contributed by atoms with E-state index in [0.29, 0.717) is 11.3 Å². The van der Waals surface area contributed by atoms with Crippen LogP contribution >= 0.6 is 11.8 Å². The van der Waals surface area contributed by atoms with Crippen LogP contribution in [-0.2, 0) is 0 Å². The molecule has 1 atom stereocenters. The van der Waals surface area contributed by atoms with Crippen molar-refractivity contribution in [3.8, 4) is 0 Å². The third kappa shape index (κ3) is 5.19. The molecule has 0 saturated heterocycles. The summed E-state index contributed by atoms with van der Waals surface area (Å²) in [5.41, 5.74) is 5.69. The standard InChI is InChI=1S/C17H29NS/c1-7-8-18-17(11-19-12(2)3)16-10-14(5)13(4)9-15(16)6/h9-10,12,17-18H,7-8,11H2,1-6H3. The van der Waals surface area contributed by atoms with Gasteiger partial charge in [0.05, 0.1) is 0 Å². The summed E-state index contributed by atoms with van der Waals surface area (Å²) in [4.78, 5) is 0. The van der Waals surface area contributed by atoms with Gasteiger partial charge in [-0.15, -0.1) is 0 Å². The Balaban J connectivity index is 2.92. The lowest BCUT2D eigenvalue weighted by Gasteiger charge is -2.23. The van der Waals surface area contributed by atoms with Crippen LogP contribution in [-0.4, -0.2) is 17.5 Å². The Labute approximate surface area is 123 Å². The number of thioether (sulfide) groups is 1. The van der Waals surface area contributed by atoms with Gasteiger partial charge < -0.3 is 5.32 Å². The van der Waals surface area contributed by atoms with Gasteiger partial charge in [-0.05, 0) is 61.2 Å². The summed E-state index contributed by atoms with van der Waals surface area (Å²) in [6.45, 7) is 14.5. The van der Waals surface area contributed by atoms with E-state index in [1.165, 1.54) is 28.7 Å². The number of nitrogens with one attached hydrogen (secondary N) is 1. The van der Waals surface area contributed by atoms with Gasteiger partial charge in [-0.2, -0.15) is 11.8 Å². The number of aryl methyl sites for hydroxylation is 3. The molecule has 0 amide bonds. The molecule has 1 nitrogen and oxygen atoms in total. The maximum Gasteiger partial charge on any atom is 0.0414 e. The highest BCUT2D eigenvalue weighted by Gasteiger charge is 2.15. The van der Waals surface area contributed by atoms with E-state index in [1.807, 2.05) is 11.8 Å². The molecule has 19 heavy (non-hydrogen) atoms. The molecule has 108 valence electrons. The molecular formula is C17H29NS. The van der Waals surface area contributed by atoms with Crippen LogP contribution in [0.25, 0.3) is 0 Å².